The van der Waals surface area contributed by atoms with Crippen molar-refractivity contribution in [1.82, 2.24) is 0 Å². The van der Waals surface area contributed by atoms with Crippen molar-refractivity contribution in [2.45, 2.75) is 51.9 Å². The average molecular weight is 292 g/mol. The molecule has 0 bridgehead atoms. The maximum absolute atomic E-state index is 2.36. The van der Waals surface area contributed by atoms with Gasteiger partial charge in [0.15, 0.2) is 6.20 Å². The van der Waals surface area contributed by atoms with Gasteiger partial charge in [0, 0.05) is 17.2 Å². The highest BCUT2D eigenvalue weighted by Gasteiger charge is 2.39. The van der Waals surface area contributed by atoms with Crippen LogP contribution in [0.3, 0.4) is 0 Å². The molecule has 114 valence electrons. The summed E-state index contributed by atoms with van der Waals surface area (Å²) in [6.45, 7) is 2.24. The molecule has 2 aliphatic carbocycles. The molecule has 1 nitrogen and oxygen atoms in total. The highest BCUT2D eigenvalue weighted by atomic mass is 14.9. The van der Waals surface area contributed by atoms with E-state index in [0.717, 1.165) is 0 Å². The minimum atomic E-state index is 0.610. The van der Waals surface area contributed by atoms with Crippen molar-refractivity contribution < 1.29 is 4.57 Å². The summed E-state index contributed by atoms with van der Waals surface area (Å²) in [6, 6.07) is 11.2. The molecule has 4 rings (SSSR count). The summed E-state index contributed by atoms with van der Waals surface area (Å²) in [4.78, 5) is 0. The van der Waals surface area contributed by atoms with Gasteiger partial charge in [-0.15, -0.1) is 0 Å². The monoisotopic (exact) mass is 292 g/mol. The van der Waals surface area contributed by atoms with Crippen LogP contribution in [-0.2, 0) is 19.9 Å². The predicted molar refractivity (Wildman–Crippen MR) is 90.7 cm³/mol. The zero-order chi connectivity index (χ0) is 15.2. The maximum atomic E-state index is 2.36. The van der Waals surface area contributed by atoms with Crippen molar-refractivity contribution in [3.63, 3.8) is 0 Å². The molecule has 1 aromatic carbocycles. The van der Waals surface area contributed by atoms with E-state index in [2.05, 4.69) is 55.1 Å². The molecular formula is C21H26N+. The van der Waals surface area contributed by atoms with E-state index in [-0.39, 0.29) is 0 Å². The van der Waals surface area contributed by atoms with Gasteiger partial charge in [0.1, 0.15) is 7.05 Å². The van der Waals surface area contributed by atoms with Gasteiger partial charge in [0.25, 0.3) is 0 Å². The van der Waals surface area contributed by atoms with E-state index < -0.39 is 0 Å². The van der Waals surface area contributed by atoms with E-state index in [1.165, 1.54) is 61.8 Å². The first-order valence-electron chi connectivity index (χ1n) is 8.75. The van der Waals surface area contributed by atoms with Gasteiger partial charge in [-0.1, -0.05) is 31.0 Å². The number of benzene rings is 1. The Labute approximate surface area is 134 Å². The topological polar surface area (TPSA) is 3.88 Å². The molecule has 1 spiro atoms. The van der Waals surface area contributed by atoms with E-state index in [1.807, 2.05) is 0 Å². The Kier molecular flexibility index (Phi) is 3.32. The van der Waals surface area contributed by atoms with Crippen LogP contribution in [0.1, 0.15) is 48.8 Å². The molecule has 0 radical (unpaired) electrons. The van der Waals surface area contributed by atoms with Crippen LogP contribution in [-0.4, -0.2) is 0 Å². The van der Waals surface area contributed by atoms with Crippen molar-refractivity contribution in [2.24, 2.45) is 12.5 Å². The van der Waals surface area contributed by atoms with Gasteiger partial charge < -0.3 is 0 Å². The highest BCUT2D eigenvalue weighted by molar-refractivity contribution is 5.65. The van der Waals surface area contributed by atoms with Crippen LogP contribution < -0.4 is 4.57 Å². The fourth-order valence-corrected chi connectivity index (χ4v) is 4.78. The van der Waals surface area contributed by atoms with Crippen molar-refractivity contribution >= 4 is 0 Å². The molecule has 0 atom stereocenters. The molecule has 1 fully saturated rings. The zero-order valence-corrected chi connectivity index (χ0v) is 13.9. The van der Waals surface area contributed by atoms with Crippen molar-refractivity contribution in [1.29, 1.82) is 0 Å². The summed E-state index contributed by atoms with van der Waals surface area (Å²) >= 11 is 0. The molecule has 1 heteroatoms. The number of rotatable bonds is 1. The third-order valence-electron chi connectivity index (χ3n) is 6.07. The number of hydrogen-bond acceptors (Lipinski definition) is 0. The first-order valence-corrected chi connectivity index (χ1v) is 8.75. The molecule has 22 heavy (non-hydrogen) atoms. The molecule has 2 aromatic rings. The molecule has 2 aliphatic rings. The molecule has 1 heterocycles. The lowest BCUT2D eigenvalue weighted by molar-refractivity contribution is -0.660. The molecule has 0 unspecified atom stereocenters. The van der Waals surface area contributed by atoms with Crippen LogP contribution in [0.4, 0.5) is 0 Å². The number of aromatic nitrogens is 1. The van der Waals surface area contributed by atoms with Crippen LogP contribution in [0.5, 0.6) is 0 Å². The lowest BCUT2D eigenvalue weighted by Crippen LogP contribution is -2.36. The lowest BCUT2D eigenvalue weighted by atomic mass is 9.69. The number of fused-ring (bicyclic) bond motifs is 1. The Hall–Kier alpha value is -1.63. The predicted octanol–water partition coefficient (Wildman–Crippen LogP) is 4.54. The van der Waals surface area contributed by atoms with Crippen molar-refractivity contribution in [2.75, 3.05) is 0 Å². The fourth-order valence-electron chi connectivity index (χ4n) is 4.78. The number of hydrogen-bond donors (Lipinski definition) is 0. The van der Waals surface area contributed by atoms with E-state index in [1.54, 1.807) is 11.1 Å². The third kappa shape index (κ3) is 2.18. The SMILES string of the molecule is Cc1ccccc1-c1c2c(cc[n+]1C)CCC1(CCCC1)C2. The van der Waals surface area contributed by atoms with Gasteiger partial charge in [0.2, 0.25) is 5.69 Å². The minimum absolute atomic E-state index is 0.610. The largest absolute Gasteiger partial charge is 0.216 e. The van der Waals surface area contributed by atoms with Gasteiger partial charge in [-0.3, -0.25) is 0 Å². The van der Waals surface area contributed by atoms with Gasteiger partial charge in [0.05, 0.1) is 0 Å². The summed E-state index contributed by atoms with van der Waals surface area (Å²) in [5, 5.41) is 0. The van der Waals surface area contributed by atoms with Crippen molar-refractivity contribution in [3.05, 3.63) is 53.2 Å². The minimum Gasteiger partial charge on any atom is -0.201 e. The van der Waals surface area contributed by atoms with E-state index in [4.69, 9.17) is 0 Å². The van der Waals surface area contributed by atoms with E-state index in [0.29, 0.717) is 5.41 Å². The molecule has 0 aliphatic heterocycles. The Balaban J connectivity index is 1.88. The second-order valence-electron chi connectivity index (χ2n) is 7.48. The number of nitrogens with zero attached hydrogens (tertiary/aromatic N) is 1. The van der Waals surface area contributed by atoms with Gasteiger partial charge in [-0.25, -0.2) is 4.57 Å². The second-order valence-corrected chi connectivity index (χ2v) is 7.48. The molecule has 0 saturated heterocycles. The number of pyridine rings is 1. The summed E-state index contributed by atoms with van der Waals surface area (Å²) in [5.41, 5.74) is 8.09. The van der Waals surface area contributed by atoms with Crippen LogP contribution >= 0.6 is 0 Å². The van der Waals surface area contributed by atoms with Gasteiger partial charge in [-0.05, 0) is 61.6 Å². The lowest BCUT2D eigenvalue weighted by Gasteiger charge is -2.34. The van der Waals surface area contributed by atoms with Crippen LogP contribution in [0.25, 0.3) is 11.3 Å². The standard InChI is InChI=1S/C21H26N/c1-16-7-3-4-8-18(16)20-19-15-21(11-5-6-12-21)13-9-17(19)10-14-22(20)2/h3-4,7-8,10,14H,5-6,9,11-13,15H2,1-2H3/q+1. The van der Waals surface area contributed by atoms with Gasteiger partial charge >= 0.3 is 0 Å². The van der Waals surface area contributed by atoms with Crippen LogP contribution in [0.15, 0.2) is 36.5 Å². The normalized spacial score (nSPS) is 19.4. The Bertz CT molecular complexity index is 708. The Morgan fingerprint density at radius 3 is 2.55 bits per heavy atom. The van der Waals surface area contributed by atoms with Crippen LogP contribution in [0.2, 0.25) is 0 Å². The van der Waals surface area contributed by atoms with E-state index >= 15 is 0 Å². The zero-order valence-electron chi connectivity index (χ0n) is 13.9. The Morgan fingerprint density at radius 1 is 1.00 bits per heavy atom. The van der Waals surface area contributed by atoms with Crippen LogP contribution in [0, 0.1) is 12.3 Å². The maximum Gasteiger partial charge on any atom is 0.216 e. The Morgan fingerprint density at radius 2 is 1.77 bits per heavy atom. The molecule has 0 amide bonds. The summed E-state index contributed by atoms with van der Waals surface area (Å²) in [5.74, 6) is 0. The van der Waals surface area contributed by atoms with Crippen molar-refractivity contribution in [3.8, 4) is 11.3 Å². The third-order valence-corrected chi connectivity index (χ3v) is 6.07. The first-order chi connectivity index (χ1) is 10.7. The molecule has 1 saturated carbocycles. The molecule has 0 N–H and O–H groups in total. The fraction of sp³-hybridized carbons (Fsp3) is 0.476. The van der Waals surface area contributed by atoms with E-state index in [9.17, 15) is 0 Å². The average Bonchev–Trinajstić information content (AvgIpc) is 2.96. The molecular weight excluding hydrogens is 266 g/mol. The summed E-state index contributed by atoms with van der Waals surface area (Å²) < 4.78 is 2.34. The first kappa shape index (κ1) is 14.0. The second kappa shape index (κ2) is 5.22. The highest BCUT2D eigenvalue weighted by Crippen LogP contribution is 2.49. The summed E-state index contributed by atoms with van der Waals surface area (Å²) in [7, 11) is 2.21. The summed E-state index contributed by atoms with van der Waals surface area (Å²) in [6.07, 6.45) is 12.0. The molecule has 1 aromatic heterocycles. The smallest absolute Gasteiger partial charge is 0.201 e. The number of aryl methyl sites for hydroxylation is 3. The quantitative estimate of drug-likeness (QED) is 0.680. The van der Waals surface area contributed by atoms with Gasteiger partial charge in [-0.2, -0.15) is 0 Å².